The molecule has 0 aliphatic carbocycles. The van der Waals surface area contributed by atoms with E-state index in [9.17, 15) is 22.4 Å². The number of anilines is 1. The summed E-state index contributed by atoms with van der Waals surface area (Å²) in [7, 11) is 0. The number of terminal acetylenes is 1. The van der Waals surface area contributed by atoms with Crippen molar-refractivity contribution in [3.05, 3.63) is 52.7 Å². The van der Waals surface area contributed by atoms with Crippen LogP contribution in [0.25, 0.3) is 0 Å². The molecule has 0 radical (unpaired) electrons. The number of alkyl halides is 3. The molecule has 12 heteroatoms. The Labute approximate surface area is 186 Å². The molecule has 0 aromatic carbocycles. The van der Waals surface area contributed by atoms with E-state index in [1.165, 1.54) is 12.3 Å². The zero-order valence-corrected chi connectivity index (χ0v) is 17.4. The zero-order valence-electron chi connectivity index (χ0n) is 17.4. The molecule has 1 aliphatic heterocycles. The molecule has 0 bridgehead atoms. The molecule has 8 nitrogen and oxygen atoms in total. The molecule has 1 amide bonds. The number of rotatable bonds is 3. The van der Waals surface area contributed by atoms with Crippen molar-refractivity contribution >= 4 is 11.7 Å². The highest BCUT2D eigenvalue weighted by Crippen LogP contribution is 2.41. The van der Waals surface area contributed by atoms with E-state index >= 15 is 0 Å². The van der Waals surface area contributed by atoms with Gasteiger partial charge in [-0.15, -0.1) is 6.42 Å². The number of morpholine rings is 1. The highest BCUT2D eigenvalue weighted by Gasteiger charge is 2.61. The van der Waals surface area contributed by atoms with E-state index in [1.807, 2.05) is 6.07 Å². The third kappa shape index (κ3) is 4.24. The average molecular weight is 462 g/mol. The quantitative estimate of drug-likeness (QED) is 0.471. The van der Waals surface area contributed by atoms with E-state index in [0.717, 1.165) is 19.2 Å². The molecule has 3 atom stereocenters. The largest absolute Gasteiger partial charge is 0.420 e. The second kappa shape index (κ2) is 8.41. The Hall–Kier alpha value is -3.58. The van der Waals surface area contributed by atoms with E-state index in [4.69, 9.17) is 22.2 Å². The normalized spacial score (nSPS) is 25.1. The number of amides is 1. The standard InChI is InChI=1S/C21H18F4N6O2/c1-4-20(10-33-19(3,18(27)31-20)21(23,24)25)13-6-15(28-9-14(13)22)30-17(32)16-11(2)5-12(7-26)8-29-16/h1,5-6,8-9,18,31H,10,27H2,2-3H3,(H,28,30,32)/t18?,19-,20-/m1/s1. The van der Waals surface area contributed by atoms with Crippen LogP contribution < -0.4 is 16.4 Å². The fourth-order valence-corrected chi connectivity index (χ4v) is 3.25. The van der Waals surface area contributed by atoms with Crippen molar-refractivity contribution in [2.45, 2.75) is 37.3 Å². The van der Waals surface area contributed by atoms with E-state index in [2.05, 4.69) is 26.5 Å². The lowest BCUT2D eigenvalue weighted by molar-refractivity contribution is -0.298. The zero-order chi connectivity index (χ0) is 24.6. The maximum Gasteiger partial charge on any atom is 0.420 e. The molecule has 1 aliphatic rings. The van der Waals surface area contributed by atoms with Crippen LogP contribution in [0, 0.1) is 36.4 Å². The van der Waals surface area contributed by atoms with E-state index in [0.29, 0.717) is 5.56 Å². The van der Waals surface area contributed by atoms with Crippen LogP contribution in [0.2, 0.25) is 0 Å². The number of nitriles is 1. The van der Waals surface area contributed by atoms with Gasteiger partial charge in [-0.2, -0.15) is 18.4 Å². The number of nitrogens with zero attached hydrogens (tertiary/aromatic N) is 3. The fourth-order valence-electron chi connectivity index (χ4n) is 3.25. The first-order valence-electron chi connectivity index (χ1n) is 9.43. The van der Waals surface area contributed by atoms with E-state index in [-0.39, 0.29) is 22.6 Å². The molecule has 0 saturated carbocycles. The van der Waals surface area contributed by atoms with Crippen LogP contribution in [0.3, 0.4) is 0 Å². The van der Waals surface area contributed by atoms with Crippen molar-refractivity contribution in [1.29, 1.82) is 5.26 Å². The number of aromatic nitrogens is 2. The molecule has 2 aromatic heterocycles. The maximum absolute atomic E-state index is 14.7. The van der Waals surface area contributed by atoms with Gasteiger partial charge in [-0.25, -0.2) is 14.4 Å². The van der Waals surface area contributed by atoms with Crippen LogP contribution in [-0.4, -0.2) is 40.4 Å². The van der Waals surface area contributed by atoms with E-state index < -0.39 is 41.8 Å². The Morgan fingerprint density at radius 1 is 1.39 bits per heavy atom. The Kier molecular flexibility index (Phi) is 6.13. The van der Waals surface area contributed by atoms with Gasteiger partial charge in [-0.05, 0) is 31.5 Å². The minimum Gasteiger partial charge on any atom is -0.359 e. The summed E-state index contributed by atoms with van der Waals surface area (Å²) >= 11 is 0. The van der Waals surface area contributed by atoms with Crippen LogP contribution in [-0.2, 0) is 10.3 Å². The summed E-state index contributed by atoms with van der Waals surface area (Å²) in [4.78, 5) is 20.3. The molecular formula is C21H18F4N6O2. The molecule has 33 heavy (non-hydrogen) atoms. The Balaban J connectivity index is 1.92. The van der Waals surface area contributed by atoms with Gasteiger partial charge in [-0.3, -0.25) is 10.1 Å². The molecule has 0 spiro atoms. The Morgan fingerprint density at radius 2 is 2.09 bits per heavy atom. The summed E-state index contributed by atoms with van der Waals surface area (Å²) in [6.07, 6.45) is 0.877. The molecule has 4 N–H and O–H groups in total. The monoisotopic (exact) mass is 462 g/mol. The van der Waals surface area contributed by atoms with Crippen molar-refractivity contribution in [2.24, 2.45) is 5.73 Å². The predicted octanol–water partition coefficient (Wildman–Crippen LogP) is 2.10. The Morgan fingerprint density at radius 3 is 2.64 bits per heavy atom. The lowest BCUT2D eigenvalue weighted by Crippen LogP contribution is -2.73. The summed E-state index contributed by atoms with van der Waals surface area (Å²) in [6, 6.07) is 4.43. The van der Waals surface area contributed by atoms with Gasteiger partial charge in [0.25, 0.3) is 5.91 Å². The first-order chi connectivity index (χ1) is 15.4. The highest BCUT2D eigenvalue weighted by molar-refractivity contribution is 6.03. The van der Waals surface area contributed by atoms with Gasteiger partial charge < -0.3 is 15.8 Å². The van der Waals surface area contributed by atoms with Gasteiger partial charge in [0.15, 0.2) is 5.60 Å². The van der Waals surface area contributed by atoms with Gasteiger partial charge in [0, 0.05) is 11.8 Å². The van der Waals surface area contributed by atoms with Crippen molar-refractivity contribution in [3.8, 4) is 18.4 Å². The fraction of sp³-hybridized carbons (Fsp3) is 0.333. The maximum atomic E-state index is 14.7. The van der Waals surface area contributed by atoms with Gasteiger partial charge >= 0.3 is 6.18 Å². The molecule has 1 unspecified atom stereocenters. The summed E-state index contributed by atoms with van der Waals surface area (Å²) in [5.41, 5.74) is 1.44. The number of hydrogen-bond acceptors (Lipinski definition) is 7. The van der Waals surface area contributed by atoms with Crippen LogP contribution in [0.15, 0.2) is 24.5 Å². The smallest absolute Gasteiger partial charge is 0.359 e. The first-order valence-corrected chi connectivity index (χ1v) is 9.43. The number of halogens is 4. The van der Waals surface area contributed by atoms with E-state index in [1.54, 1.807) is 6.92 Å². The Bertz CT molecular complexity index is 1190. The third-order valence-electron chi connectivity index (χ3n) is 5.37. The number of nitrogens with one attached hydrogen (secondary N) is 2. The van der Waals surface area contributed by atoms with Crippen molar-refractivity contribution in [3.63, 3.8) is 0 Å². The summed E-state index contributed by atoms with van der Waals surface area (Å²) < 4.78 is 59.9. The van der Waals surface area contributed by atoms with Crippen LogP contribution in [0.5, 0.6) is 0 Å². The van der Waals surface area contributed by atoms with Crippen LogP contribution in [0.4, 0.5) is 23.4 Å². The number of nitrogens with two attached hydrogens (primary N) is 1. The van der Waals surface area contributed by atoms with Crippen molar-refractivity contribution < 1.29 is 27.1 Å². The molecule has 1 saturated heterocycles. The SMILES string of the molecule is C#C[C@]1(c2cc(NC(=O)c3ncc(C#N)cc3C)ncc2F)CO[C@@](C)(C(F)(F)F)C(N)N1. The lowest BCUT2D eigenvalue weighted by Gasteiger charge is -2.48. The molecular weight excluding hydrogens is 444 g/mol. The van der Waals surface area contributed by atoms with Crippen LogP contribution in [0.1, 0.15) is 34.1 Å². The van der Waals surface area contributed by atoms with Crippen molar-refractivity contribution in [1.82, 2.24) is 15.3 Å². The number of pyridine rings is 2. The summed E-state index contributed by atoms with van der Waals surface area (Å²) in [6.45, 7) is 1.58. The molecule has 3 heterocycles. The average Bonchev–Trinajstić information content (AvgIpc) is 2.76. The topological polar surface area (TPSA) is 126 Å². The second-order valence-corrected chi connectivity index (χ2v) is 7.57. The van der Waals surface area contributed by atoms with Crippen molar-refractivity contribution in [2.75, 3.05) is 11.9 Å². The number of ether oxygens (including phenoxy) is 1. The lowest BCUT2D eigenvalue weighted by atomic mass is 9.86. The summed E-state index contributed by atoms with van der Waals surface area (Å²) in [5, 5.41) is 13.8. The minimum absolute atomic E-state index is 0.00423. The number of carbonyl (C=O) groups excluding carboxylic acids is 1. The van der Waals surface area contributed by atoms with Gasteiger partial charge in [-0.1, -0.05) is 5.92 Å². The minimum atomic E-state index is -4.82. The second-order valence-electron chi connectivity index (χ2n) is 7.57. The first kappa shape index (κ1) is 24.1. The van der Waals surface area contributed by atoms with Gasteiger partial charge in [0.2, 0.25) is 0 Å². The third-order valence-corrected chi connectivity index (χ3v) is 5.37. The summed E-state index contributed by atoms with van der Waals surface area (Å²) in [5.74, 6) is 0.429. The highest BCUT2D eigenvalue weighted by atomic mass is 19.4. The van der Waals surface area contributed by atoms with Gasteiger partial charge in [0.05, 0.1) is 24.5 Å². The number of aryl methyl sites for hydroxylation is 1. The predicted molar refractivity (Wildman–Crippen MR) is 108 cm³/mol. The molecule has 1 fully saturated rings. The molecule has 172 valence electrons. The number of carbonyl (C=O) groups is 1. The molecule has 3 rings (SSSR count). The van der Waals surface area contributed by atoms with Gasteiger partial charge in [0.1, 0.15) is 28.9 Å². The molecule has 2 aromatic rings. The van der Waals surface area contributed by atoms with Crippen LogP contribution >= 0.6 is 0 Å². The number of hydrogen-bond donors (Lipinski definition) is 3.